The number of benzene rings is 2. The Bertz CT molecular complexity index is 678. The molecule has 0 unspecified atom stereocenters. The minimum absolute atomic E-state index is 0.167. The van der Waals surface area contributed by atoms with Gasteiger partial charge in [0.2, 0.25) is 5.91 Å². The number of phenolic OH excluding ortho intramolecular Hbond substituents is 1. The lowest BCUT2D eigenvalue weighted by Gasteiger charge is -2.07. The van der Waals surface area contributed by atoms with Gasteiger partial charge in [0.15, 0.2) is 0 Å². The molecule has 126 valence electrons. The number of amides is 1. The molecular weight excluding hydrogens is 306 g/mol. The number of aromatic hydroxyl groups is 1. The third-order valence-electron chi connectivity index (χ3n) is 3.44. The summed E-state index contributed by atoms with van der Waals surface area (Å²) in [5.74, 6) is -0.357. The molecule has 2 aromatic carbocycles. The number of rotatable bonds is 7. The summed E-state index contributed by atoms with van der Waals surface area (Å²) < 4.78 is 5.13. The van der Waals surface area contributed by atoms with Gasteiger partial charge in [-0.15, -0.1) is 0 Å². The molecule has 0 bridgehead atoms. The van der Waals surface area contributed by atoms with Gasteiger partial charge >= 0.3 is 5.97 Å². The number of ether oxygens (including phenoxy) is 1. The van der Waals surface area contributed by atoms with E-state index in [1.807, 2.05) is 6.92 Å². The van der Waals surface area contributed by atoms with E-state index in [0.29, 0.717) is 17.9 Å². The van der Waals surface area contributed by atoms with Crippen molar-refractivity contribution in [1.82, 2.24) is 0 Å². The Balaban J connectivity index is 1.87. The monoisotopic (exact) mass is 327 g/mol. The lowest BCUT2D eigenvalue weighted by molar-refractivity contribution is -0.115. The fourth-order valence-corrected chi connectivity index (χ4v) is 2.09. The van der Waals surface area contributed by atoms with Gasteiger partial charge in [-0.2, -0.15) is 0 Å². The molecule has 2 N–H and O–H groups in total. The Morgan fingerprint density at radius 1 is 1.04 bits per heavy atom. The van der Waals surface area contributed by atoms with E-state index in [2.05, 4.69) is 5.32 Å². The second-order valence-corrected chi connectivity index (χ2v) is 5.46. The first kappa shape index (κ1) is 17.5. The Morgan fingerprint density at radius 2 is 1.71 bits per heavy atom. The maximum atomic E-state index is 12.0. The normalized spacial score (nSPS) is 10.2. The number of carbonyl (C=O) groups is 2. The van der Waals surface area contributed by atoms with Gasteiger partial charge in [0.1, 0.15) is 5.75 Å². The van der Waals surface area contributed by atoms with Crippen LogP contribution in [0.5, 0.6) is 5.75 Å². The fourth-order valence-electron chi connectivity index (χ4n) is 2.09. The molecule has 24 heavy (non-hydrogen) atoms. The van der Waals surface area contributed by atoms with E-state index in [1.54, 1.807) is 48.5 Å². The first-order chi connectivity index (χ1) is 11.6. The van der Waals surface area contributed by atoms with Crippen LogP contribution >= 0.6 is 0 Å². The smallest absolute Gasteiger partial charge is 0.338 e. The predicted molar refractivity (Wildman–Crippen MR) is 92.1 cm³/mol. The van der Waals surface area contributed by atoms with Crippen molar-refractivity contribution in [3.8, 4) is 5.75 Å². The molecule has 0 saturated carbocycles. The van der Waals surface area contributed by atoms with Crippen LogP contribution in [0.2, 0.25) is 0 Å². The van der Waals surface area contributed by atoms with E-state index in [0.717, 1.165) is 18.4 Å². The number of phenols is 1. The summed E-state index contributed by atoms with van der Waals surface area (Å²) in [5.41, 5.74) is 1.88. The van der Waals surface area contributed by atoms with Crippen LogP contribution in [-0.4, -0.2) is 23.6 Å². The van der Waals surface area contributed by atoms with Crippen molar-refractivity contribution in [2.24, 2.45) is 0 Å². The van der Waals surface area contributed by atoms with Gasteiger partial charge in [-0.05, 0) is 48.4 Å². The van der Waals surface area contributed by atoms with Gasteiger partial charge in [-0.1, -0.05) is 25.5 Å². The zero-order valence-electron chi connectivity index (χ0n) is 13.6. The van der Waals surface area contributed by atoms with Gasteiger partial charge in [-0.25, -0.2) is 4.79 Å². The maximum absolute atomic E-state index is 12.0. The average molecular weight is 327 g/mol. The highest BCUT2D eigenvalue weighted by Gasteiger charge is 2.08. The zero-order valence-corrected chi connectivity index (χ0v) is 13.6. The predicted octanol–water partition coefficient (Wildman–Crippen LogP) is 3.53. The molecule has 0 saturated heterocycles. The second-order valence-electron chi connectivity index (χ2n) is 5.46. The molecule has 2 aromatic rings. The summed E-state index contributed by atoms with van der Waals surface area (Å²) in [5, 5.41) is 12.0. The van der Waals surface area contributed by atoms with E-state index < -0.39 is 0 Å². The third kappa shape index (κ3) is 5.43. The average Bonchev–Trinajstić information content (AvgIpc) is 2.58. The minimum Gasteiger partial charge on any atom is -0.508 e. The lowest BCUT2D eigenvalue weighted by atomic mass is 10.1. The number of carbonyl (C=O) groups excluding carboxylic acids is 2. The molecular formula is C19H21NO4. The molecule has 0 atom stereocenters. The highest BCUT2D eigenvalue weighted by Crippen LogP contribution is 2.13. The molecule has 1 amide bonds. The summed E-state index contributed by atoms with van der Waals surface area (Å²) in [4.78, 5) is 23.8. The van der Waals surface area contributed by atoms with Crippen LogP contribution in [0.1, 0.15) is 35.7 Å². The number of hydrogen-bond acceptors (Lipinski definition) is 4. The van der Waals surface area contributed by atoms with Crippen LogP contribution < -0.4 is 5.32 Å². The molecule has 0 fully saturated rings. The SMILES string of the molecule is CCCCOC(=O)c1ccc(NC(=O)Cc2ccc(O)cc2)cc1. The first-order valence-electron chi connectivity index (χ1n) is 7.93. The molecule has 0 aromatic heterocycles. The topological polar surface area (TPSA) is 75.6 Å². The Kier molecular flexibility index (Phi) is 6.37. The van der Waals surface area contributed by atoms with Crippen molar-refractivity contribution in [2.45, 2.75) is 26.2 Å². The summed E-state index contributed by atoms with van der Waals surface area (Å²) in [6.07, 6.45) is 2.03. The van der Waals surface area contributed by atoms with Crippen LogP contribution in [0.3, 0.4) is 0 Å². The van der Waals surface area contributed by atoms with Crippen molar-refractivity contribution in [1.29, 1.82) is 0 Å². The van der Waals surface area contributed by atoms with E-state index in [1.165, 1.54) is 0 Å². The molecule has 0 aliphatic heterocycles. The number of hydrogen-bond donors (Lipinski definition) is 2. The highest BCUT2D eigenvalue weighted by atomic mass is 16.5. The van der Waals surface area contributed by atoms with Crippen molar-refractivity contribution in [2.75, 3.05) is 11.9 Å². The van der Waals surface area contributed by atoms with Gasteiger partial charge in [-0.3, -0.25) is 4.79 Å². The quantitative estimate of drug-likeness (QED) is 0.602. The highest BCUT2D eigenvalue weighted by molar-refractivity contribution is 5.94. The molecule has 5 nitrogen and oxygen atoms in total. The largest absolute Gasteiger partial charge is 0.508 e. The summed E-state index contributed by atoms with van der Waals surface area (Å²) in [6.45, 7) is 2.45. The van der Waals surface area contributed by atoms with Crippen molar-refractivity contribution >= 4 is 17.6 Å². The molecule has 5 heteroatoms. The Hall–Kier alpha value is -2.82. The maximum Gasteiger partial charge on any atom is 0.338 e. The number of nitrogens with one attached hydrogen (secondary N) is 1. The summed E-state index contributed by atoms with van der Waals surface area (Å²) in [6, 6.07) is 13.1. The standard InChI is InChI=1S/C19H21NO4/c1-2-3-12-24-19(23)15-6-8-16(9-7-15)20-18(22)13-14-4-10-17(21)11-5-14/h4-11,21H,2-3,12-13H2,1H3,(H,20,22). The number of anilines is 1. The van der Waals surface area contributed by atoms with E-state index >= 15 is 0 Å². The molecule has 0 heterocycles. The second kappa shape index (κ2) is 8.72. The number of unbranched alkanes of at least 4 members (excludes halogenated alkanes) is 1. The van der Waals surface area contributed by atoms with Crippen LogP contribution in [0.15, 0.2) is 48.5 Å². The number of esters is 1. The van der Waals surface area contributed by atoms with Crippen molar-refractivity contribution < 1.29 is 19.4 Å². The fraction of sp³-hybridized carbons (Fsp3) is 0.263. The summed E-state index contributed by atoms with van der Waals surface area (Å²) in [7, 11) is 0. The van der Waals surface area contributed by atoms with Crippen molar-refractivity contribution in [3.63, 3.8) is 0 Å². The zero-order chi connectivity index (χ0) is 17.4. The van der Waals surface area contributed by atoms with E-state index in [-0.39, 0.29) is 24.0 Å². The molecule has 0 aliphatic carbocycles. The minimum atomic E-state index is -0.356. The van der Waals surface area contributed by atoms with Gasteiger partial charge in [0.25, 0.3) is 0 Å². The molecule has 0 aliphatic rings. The Labute approximate surface area is 141 Å². The molecule has 2 rings (SSSR count). The van der Waals surface area contributed by atoms with E-state index in [4.69, 9.17) is 4.74 Å². The summed E-state index contributed by atoms with van der Waals surface area (Å²) >= 11 is 0. The lowest BCUT2D eigenvalue weighted by Crippen LogP contribution is -2.14. The van der Waals surface area contributed by atoms with Crippen LogP contribution in [0.4, 0.5) is 5.69 Å². The van der Waals surface area contributed by atoms with Crippen LogP contribution in [0, 0.1) is 0 Å². The van der Waals surface area contributed by atoms with Crippen LogP contribution in [-0.2, 0) is 16.0 Å². The molecule has 0 spiro atoms. The van der Waals surface area contributed by atoms with Gasteiger partial charge < -0.3 is 15.2 Å². The van der Waals surface area contributed by atoms with E-state index in [9.17, 15) is 14.7 Å². The van der Waals surface area contributed by atoms with Gasteiger partial charge in [0.05, 0.1) is 18.6 Å². The van der Waals surface area contributed by atoms with Gasteiger partial charge in [0, 0.05) is 5.69 Å². The molecule has 0 radical (unpaired) electrons. The first-order valence-corrected chi connectivity index (χ1v) is 7.93. The third-order valence-corrected chi connectivity index (χ3v) is 3.44. The Morgan fingerprint density at radius 3 is 2.33 bits per heavy atom. The van der Waals surface area contributed by atoms with Crippen molar-refractivity contribution in [3.05, 3.63) is 59.7 Å². The van der Waals surface area contributed by atoms with Crippen LogP contribution in [0.25, 0.3) is 0 Å².